The maximum absolute atomic E-state index is 11.0. The van der Waals surface area contributed by atoms with Crippen molar-refractivity contribution in [2.24, 2.45) is 0 Å². The van der Waals surface area contributed by atoms with Gasteiger partial charge in [-0.25, -0.2) is 4.57 Å². The summed E-state index contributed by atoms with van der Waals surface area (Å²) in [5, 5.41) is 0. The zero-order valence-electron chi connectivity index (χ0n) is 4.78. The minimum absolute atomic E-state index is 0.0181. The van der Waals surface area contributed by atoms with Crippen molar-refractivity contribution in [3.63, 3.8) is 0 Å². The van der Waals surface area contributed by atoms with E-state index >= 15 is 0 Å². The minimum Gasteiger partial charge on any atom is -0.287 e. The van der Waals surface area contributed by atoms with Crippen LogP contribution in [0.5, 0.6) is 0 Å². The topological polar surface area (TPSA) is 44.8 Å². The van der Waals surface area contributed by atoms with Crippen LogP contribution in [0.1, 0.15) is 6.42 Å². The standard InChI is InChI=1S/C4H7O4P/c5-9-6-2-1-4(8-9)3-7-9/h4H,1-3H2. The molecule has 2 fully saturated rings. The Morgan fingerprint density at radius 1 is 1.44 bits per heavy atom. The molecule has 0 saturated carbocycles. The molecule has 2 aliphatic heterocycles. The zero-order chi connectivity index (χ0) is 6.32. The summed E-state index contributed by atoms with van der Waals surface area (Å²) in [5.41, 5.74) is 0. The van der Waals surface area contributed by atoms with E-state index in [-0.39, 0.29) is 6.10 Å². The Morgan fingerprint density at radius 2 is 2.33 bits per heavy atom. The molecule has 2 saturated heterocycles. The summed E-state index contributed by atoms with van der Waals surface area (Å²) in [6.07, 6.45) is 0.814. The van der Waals surface area contributed by atoms with E-state index in [2.05, 4.69) is 0 Å². The van der Waals surface area contributed by atoms with E-state index in [0.717, 1.165) is 6.42 Å². The molecule has 9 heavy (non-hydrogen) atoms. The second-order valence-corrected chi connectivity index (χ2v) is 3.71. The third-order valence-electron chi connectivity index (χ3n) is 1.39. The van der Waals surface area contributed by atoms with Crippen LogP contribution in [0.25, 0.3) is 0 Å². The number of phosphoric ester groups is 1. The van der Waals surface area contributed by atoms with Gasteiger partial charge in [-0.15, -0.1) is 0 Å². The molecule has 0 amide bonds. The van der Waals surface area contributed by atoms with Gasteiger partial charge in [-0.3, -0.25) is 13.6 Å². The lowest BCUT2D eigenvalue weighted by Crippen LogP contribution is -2.14. The molecule has 52 valence electrons. The van der Waals surface area contributed by atoms with Crippen molar-refractivity contribution >= 4 is 7.82 Å². The summed E-state index contributed by atoms with van der Waals surface area (Å²) in [6.45, 7) is 0.930. The Kier molecular flexibility index (Phi) is 1.17. The van der Waals surface area contributed by atoms with Gasteiger partial charge in [-0.1, -0.05) is 0 Å². The molecule has 2 rings (SSSR count). The molecule has 4 nitrogen and oxygen atoms in total. The molecule has 0 aromatic carbocycles. The Balaban J connectivity index is 2.22. The van der Waals surface area contributed by atoms with Gasteiger partial charge >= 0.3 is 7.82 Å². The maximum Gasteiger partial charge on any atom is 0.475 e. The Labute approximate surface area is 52.7 Å². The van der Waals surface area contributed by atoms with E-state index in [0.29, 0.717) is 13.2 Å². The van der Waals surface area contributed by atoms with Crippen molar-refractivity contribution < 1.29 is 18.1 Å². The zero-order valence-corrected chi connectivity index (χ0v) is 5.67. The lowest BCUT2D eigenvalue weighted by atomic mass is 10.3. The largest absolute Gasteiger partial charge is 0.475 e. The van der Waals surface area contributed by atoms with E-state index in [1.165, 1.54) is 0 Å². The number of rotatable bonds is 0. The van der Waals surface area contributed by atoms with Crippen molar-refractivity contribution in [1.29, 1.82) is 0 Å². The summed E-state index contributed by atoms with van der Waals surface area (Å²) in [6, 6.07) is 0. The molecule has 0 spiro atoms. The fourth-order valence-corrected chi connectivity index (χ4v) is 2.32. The monoisotopic (exact) mass is 150 g/mol. The van der Waals surface area contributed by atoms with Gasteiger partial charge in [0.25, 0.3) is 0 Å². The van der Waals surface area contributed by atoms with Gasteiger partial charge in [0.15, 0.2) is 0 Å². The number of phosphoric acid groups is 1. The summed E-state index contributed by atoms with van der Waals surface area (Å²) >= 11 is 0. The fourth-order valence-electron chi connectivity index (χ4n) is 0.918. The van der Waals surface area contributed by atoms with Crippen molar-refractivity contribution in [2.45, 2.75) is 12.5 Å². The first-order valence-electron chi connectivity index (χ1n) is 2.86. The van der Waals surface area contributed by atoms with Crippen LogP contribution >= 0.6 is 7.82 Å². The van der Waals surface area contributed by atoms with Crippen LogP contribution in [-0.2, 0) is 18.1 Å². The summed E-state index contributed by atoms with van der Waals surface area (Å²) in [5.74, 6) is 0. The molecule has 2 unspecified atom stereocenters. The van der Waals surface area contributed by atoms with Gasteiger partial charge in [0.05, 0.1) is 19.3 Å². The minimum atomic E-state index is -3.02. The van der Waals surface area contributed by atoms with Crippen molar-refractivity contribution in [3.8, 4) is 0 Å². The number of hydrogen-bond donors (Lipinski definition) is 0. The molecular formula is C4H7O4P. The molecule has 0 aliphatic carbocycles. The fraction of sp³-hybridized carbons (Fsp3) is 1.00. The molecule has 2 bridgehead atoms. The van der Waals surface area contributed by atoms with Gasteiger partial charge in [0, 0.05) is 6.42 Å². The first kappa shape index (κ1) is 5.86. The Morgan fingerprint density at radius 3 is 3.00 bits per heavy atom. The van der Waals surface area contributed by atoms with E-state index in [1.54, 1.807) is 0 Å². The summed E-state index contributed by atoms with van der Waals surface area (Å²) in [7, 11) is -3.02. The molecule has 0 radical (unpaired) electrons. The molecule has 5 heteroatoms. The normalized spacial score (nSPS) is 49.6. The number of hydrogen-bond acceptors (Lipinski definition) is 4. The van der Waals surface area contributed by atoms with Gasteiger partial charge in [0.1, 0.15) is 0 Å². The molecular weight excluding hydrogens is 143 g/mol. The van der Waals surface area contributed by atoms with E-state index in [4.69, 9.17) is 13.6 Å². The van der Waals surface area contributed by atoms with Crippen LogP contribution in [-0.4, -0.2) is 19.3 Å². The molecule has 2 atom stereocenters. The Hall–Kier alpha value is 0.110. The van der Waals surface area contributed by atoms with Crippen molar-refractivity contribution in [3.05, 3.63) is 0 Å². The van der Waals surface area contributed by atoms with Gasteiger partial charge in [-0.05, 0) is 0 Å². The van der Waals surface area contributed by atoms with Crippen LogP contribution in [0, 0.1) is 0 Å². The van der Waals surface area contributed by atoms with Crippen LogP contribution in [0.3, 0.4) is 0 Å². The highest BCUT2D eigenvalue weighted by Gasteiger charge is 2.42. The first-order chi connectivity index (χ1) is 4.29. The third-order valence-corrected chi connectivity index (χ3v) is 2.91. The second-order valence-electron chi connectivity index (χ2n) is 2.09. The molecule has 2 heterocycles. The highest BCUT2D eigenvalue weighted by molar-refractivity contribution is 7.48. The molecule has 0 N–H and O–H groups in total. The smallest absolute Gasteiger partial charge is 0.287 e. The van der Waals surface area contributed by atoms with Crippen molar-refractivity contribution in [2.75, 3.05) is 13.2 Å². The Bertz CT molecular complexity index is 162. The summed E-state index contributed by atoms with van der Waals surface area (Å²) in [4.78, 5) is 0. The van der Waals surface area contributed by atoms with E-state index in [1.807, 2.05) is 0 Å². The second kappa shape index (κ2) is 1.80. The quantitative estimate of drug-likeness (QED) is 0.482. The summed E-state index contributed by atoms with van der Waals surface area (Å²) < 4.78 is 25.4. The van der Waals surface area contributed by atoms with Crippen LogP contribution in [0.15, 0.2) is 0 Å². The molecule has 0 aromatic rings. The maximum atomic E-state index is 11.0. The van der Waals surface area contributed by atoms with Crippen molar-refractivity contribution in [1.82, 2.24) is 0 Å². The van der Waals surface area contributed by atoms with E-state index < -0.39 is 7.82 Å². The lowest BCUT2D eigenvalue weighted by Gasteiger charge is -2.15. The van der Waals surface area contributed by atoms with Crippen LogP contribution in [0.4, 0.5) is 0 Å². The van der Waals surface area contributed by atoms with Gasteiger partial charge in [-0.2, -0.15) is 0 Å². The highest BCUT2D eigenvalue weighted by atomic mass is 31.2. The molecule has 2 aliphatic rings. The lowest BCUT2D eigenvalue weighted by molar-refractivity contribution is 0.111. The van der Waals surface area contributed by atoms with Crippen LogP contribution in [0.2, 0.25) is 0 Å². The third kappa shape index (κ3) is 0.923. The first-order valence-corrected chi connectivity index (χ1v) is 4.32. The van der Waals surface area contributed by atoms with Gasteiger partial charge in [0.2, 0.25) is 0 Å². The van der Waals surface area contributed by atoms with Gasteiger partial charge < -0.3 is 0 Å². The number of fused-ring (bicyclic) bond motifs is 2. The SMILES string of the molecule is O=P12OCCC(CO1)O2. The predicted octanol–water partition coefficient (Wildman–Crippen LogP) is 0.930. The predicted molar refractivity (Wildman–Crippen MR) is 29.0 cm³/mol. The van der Waals surface area contributed by atoms with Crippen LogP contribution < -0.4 is 0 Å². The average molecular weight is 150 g/mol. The molecule has 0 aromatic heterocycles. The van der Waals surface area contributed by atoms with E-state index in [9.17, 15) is 4.57 Å². The highest BCUT2D eigenvalue weighted by Crippen LogP contribution is 2.58. The average Bonchev–Trinajstić information content (AvgIpc) is 2.07.